The standard InChI is InChI=1S/C12H19NO4/c1-10(15-3)16-7-8-17-12(14)9-11-5-4-6-13(11)2/h4-6,10H,7-9H2,1-3H3. The Morgan fingerprint density at radius 3 is 2.82 bits per heavy atom. The van der Waals surface area contributed by atoms with Crippen LogP contribution >= 0.6 is 0 Å². The van der Waals surface area contributed by atoms with Crippen LogP contribution in [0, 0.1) is 0 Å². The average molecular weight is 241 g/mol. The van der Waals surface area contributed by atoms with Crippen molar-refractivity contribution in [1.29, 1.82) is 0 Å². The fourth-order valence-electron chi connectivity index (χ4n) is 1.32. The Labute approximate surface area is 101 Å². The number of methoxy groups -OCH3 is 1. The number of ether oxygens (including phenoxy) is 3. The van der Waals surface area contributed by atoms with E-state index in [1.54, 1.807) is 14.0 Å². The van der Waals surface area contributed by atoms with Crippen molar-refractivity contribution in [2.45, 2.75) is 19.6 Å². The van der Waals surface area contributed by atoms with Gasteiger partial charge in [-0.15, -0.1) is 0 Å². The molecule has 17 heavy (non-hydrogen) atoms. The average Bonchev–Trinajstić information content (AvgIpc) is 2.70. The summed E-state index contributed by atoms with van der Waals surface area (Å²) in [5.74, 6) is -0.250. The maximum Gasteiger partial charge on any atom is 0.311 e. The number of hydrogen-bond donors (Lipinski definition) is 0. The number of nitrogens with zero attached hydrogens (tertiary/aromatic N) is 1. The molecule has 0 aliphatic heterocycles. The minimum absolute atomic E-state index is 0.247. The molecule has 0 fully saturated rings. The van der Waals surface area contributed by atoms with E-state index >= 15 is 0 Å². The molecule has 5 heteroatoms. The summed E-state index contributed by atoms with van der Waals surface area (Å²) in [4.78, 5) is 11.5. The molecule has 1 rings (SSSR count). The highest BCUT2D eigenvalue weighted by Gasteiger charge is 2.07. The lowest BCUT2D eigenvalue weighted by molar-refractivity contribution is -0.151. The predicted molar refractivity (Wildman–Crippen MR) is 62.5 cm³/mol. The molecule has 1 aromatic rings. The van der Waals surface area contributed by atoms with Gasteiger partial charge in [0, 0.05) is 26.0 Å². The van der Waals surface area contributed by atoms with Crippen LogP contribution in [-0.4, -0.2) is 37.1 Å². The molecule has 0 spiro atoms. The second-order valence-electron chi connectivity index (χ2n) is 3.68. The van der Waals surface area contributed by atoms with Gasteiger partial charge >= 0.3 is 5.97 Å². The molecule has 1 aromatic heterocycles. The van der Waals surface area contributed by atoms with Crippen LogP contribution in [0.15, 0.2) is 18.3 Å². The summed E-state index contributed by atoms with van der Waals surface area (Å²) in [6.07, 6.45) is 1.90. The lowest BCUT2D eigenvalue weighted by Gasteiger charge is -2.11. The van der Waals surface area contributed by atoms with Gasteiger partial charge in [-0.3, -0.25) is 4.79 Å². The molecule has 1 unspecified atom stereocenters. The van der Waals surface area contributed by atoms with Crippen molar-refractivity contribution < 1.29 is 19.0 Å². The Morgan fingerprint density at radius 1 is 1.47 bits per heavy atom. The number of aromatic nitrogens is 1. The molecule has 1 atom stereocenters. The third-order valence-corrected chi connectivity index (χ3v) is 2.41. The van der Waals surface area contributed by atoms with Crippen molar-refractivity contribution in [1.82, 2.24) is 4.57 Å². The van der Waals surface area contributed by atoms with E-state index in [9.17, 15) is 4.79 Å². The normalized spacial score (nSPS) is 12.4. The summed E-state index contributed by atoms with van der Waals surface area (Å²) in [7, 11) is 3.46. The van der Waals surface area contributed by atoms with Gasteiger partial charge in [-0.05, 0) is 19.1 Å². The number of rotatable bonds is 7. The van der Waals surface area contributed by atoms with E-state index in [1.165, 1.54) is 0 Å². The van der Waals surface area contributed by atoms with E-state index in [2.05, 4.69) is 0 Å². The first-order valence-electron chi connectivity index (χ1n) is 5.53. The number of carbonyl (C=O) groups excluding carboxylic acids is 1. The zero-order valence-electron chi connectivity index (χ0n) is 10.5. The molecule has 0 aliphatic carbocycles. The predicted octanol–water partition coefficient (Wildman–Crippen LogP) is 1.12. The zero-order valence-corrected chi connectivity index (χ0v) is 10.5. The van der Waals surface area contributed by atoms with Gasteiger partial charge in [0.05, 0.1) is 13.0 Å². The number of hydrogen-bond acceptors (Lipinski definition) is 4. The monoisotopic (exact) mass is 241 g/mol. The molecule has 0 N–H and O–H groups in total. The molecule has 0 saturated carbocycles. The summed E-state index contributed by atoms with van der Waals surface area (Å²) in [6.45, 7) is 2.37. The Kier molecular flexibility index (Phi) is 5.72. The largest absolute Gasteiger partial charge is 0.463 e. The van der Waals surface area contributed by atoms with Gasteiger partial charge < -0.3 is 18.8 Å². The van der Waals surface area contributed by atoms with Gasteiger partial charge in [0.2, 0.25) is 0 Å². The van der Waals surface area contributed by atoms with Crippen molar-refractivity contribution in [3.63, 3.8) is 0 Å². The number of carbonyl (C=O) groups is 1. The van der Waals surface area contributed by atoms with Gasteiger partial charge in [0.1, 0.15) is 6.61 Å². The lowest BCUT2D eigenvalue weighted by Crippen LogP contribution is -2.17. The van der Waals surface area contributed by atoms with Crippen LogP contribution < -0.4 is 0 Å². The van der Waals surface area contributed by atoms with E-state index in [-0.39, 0.29) is 25.3 Å². The Morgan fingerprint density at radius 2 is 2.24 bits per heavy atom. The van der Waals surface area contributed by atoms with E-state index < -0.39 is 0 Å². The maximum absolute atomic E-state index is 11.5. The topological polar surface area (TPSA) is 49.7 Å². The molecule has 0 radical (unpaired) electrons. The molecule has 96 valence electrons. The summed E-state index contributed by atoms with van der Waals surface area (Å²) in [5.41, 5.74) is 0.932. The second kappa shape index (κ2) is 7.09. The van der Waals surface area contributed by atoms with Crippen molar-refractivity contribution in [2.75, 3.05) is 20.3 Å². The van der Waals surface area contributed by atoms with Gasteiger partial charge in [-0.1, -0.05) is 0 Å². The third kappa shape index (κ3) is 5.01. The molecule has 0 aliphatic rings. The van der Waals surface area contributed by atoms with E-state index in [1.807, 2.05) is 29.9 Å². The first-order chi connectivity index (χ1) is 8.13. The second-order valence-corrected chi connectivity index (χ2v) is 3.68. The van der Waals surface area contributed by atoms with Crippen molar-refractivity contribution >= 4 is 5.97 Å². The molecule has 5 nitrogen and oxygen atoms in total. The molecule has 0 saturated heterocycles. The highest BCUT2D eigenvalue weighted by atomic mass is 16.7. The lowest BCUT2D eigenvalue weighted by atomic mass is 10.3. The van der Waals surface area contributed by atoms with Gasteiger partial charge in [0.25, 0.3) is 0 Å². The van der Waals surface area contributed by atoms with Crippen LogP contribution in [0.4, 0.5) is 0 Å². The molecular formula is C12H19NO4. The maximum atomic E-state index is 11.5. The fraction of sp³-hybridized carbons (Fsp3) is 0.583. The van der Waals surface area contributed by atoms with E-state index in [0.717, 1.165) is 5.69 Å². The molecule has 1 heterocycles. The summed E-state index contributed by atoms with van der Waals surface area (Å²) < 4.78 is 17.0. The molecular weight excluding hydrogens is 222 g/mol. The van der Waals surface area contributed by atoms with Gasteiger partial charge in [-0.25, -0.2) is 0 Å². The van der Waals surface area contributed by atoms with E-state index in [0.29, 0.717) is 6.61 Å². The van der Waals surface area contributed by atoms with Crippen LogP contribution in [0.1, 0.15) is 12.6 Å². The first-order valence-corrected chi connectivity index (χ1v) is 5.53. The minimum Gasteiger partial charge on any atom is -0.463 e. The molecule has 0 amide bonds. The SMILES string of the molecule is COC(C)OCCOC(=O)Cc1cccn1C. The van der Waals surface area contributed by atoms with E-state index in [4.69, 9.17) is 14.2 Å². The summed E-state index contributed by atoms with van der Waals surface area (Å²) >= 11 is 0. The minimum atomic E-state index is -0.276. The van der Waals surface area contributed by atoms with Crippen LogP contribution in [0.25, 0.3) is 0 Å². The smallest absolute Gasteiger partial charge is 0.311 e. The Balaban J connectivity index is 2.16. The van der Waals surface area contributed by atoms with Crippen molar-refractivity contribution in [3.05, 3.63) is 24.0 Å². The molecule has 0 bridgehead atoms. The van der Waals surface area contributed by atoms with Gasteiger partial charge in [0.15, 0.2) is 6.29 Å². The van der Waals surface area contributed by atoms with Gasteiger partial charge in [-0.2, -0.15) is 0 Å². The van der Waals surface area contributed by atoms with Crippen LogP contribution in [-0.2, 0) is 32.5 Å². The summed E-state index contributed by atoms with van der Waals surface area (Å²) in [5, 5.41) is 0. The quantitative estimate of drug-likeness (QED) is 0.408. The zero-order chi connectivity index (χ0) is 12.7. The number of esters is 1. The Bertz CT molecular complexity index is 348. The highest BCUT2D eigenvalue weighted by Crippen LogP contribution is 2.01. The van der Waals surface area contributed by atoms with Crippen LogP contribution in [0.3, 0.4) is 0 Å². The van der Waals surface area contributed by atoms with Crippen LogP contribution in [0.5, 0.6) is 0 Å². The highest BCUT2D eigenvalue weighted by molar-refractivity contribution is 5.72. The van der Waals surface area contributed by atoms with Crippen molar-refractivity contribution in [2.24, 2.45) is 7.05 Å². The van der Waals surface area contributed by atoms with Crippen LogP contribution in [0.2, 0.25) is 0 Å². The summed E-state index contributed by atoms with van der Waals surface area (Å²) in [6, 6.07) is 3.79. The molecule has 0 aromatic carbocycles. The van der Waals surface area contributed by atoms with Crippen molar-refractivity contribution in [3.8, 4) is 0 Å². The third-order valence-electron chi connectivity index (χ3n) is 2.41. The Hall–Kier alpha value is -1.33. The first kappa shape index (κ1) is 13.7. The number of aryl methyl sites for hydroxylation is 1. The fourth-order valence-corrected chi connectivity index (χ4v) is 1.32.